The van der Waals surface area contributed by atoms with Crippen LogP contribution in [-0.4, -0.2) is 9.38 Å². The summed E-state index contributed by atoms with van der Waals surface area (Å²) in [6.45, 7) is 0.429. The molecule has 3 nitrogen and oxygen atoms in total. The Labute approximate surface area is 128 Å². The average molecular weight is 355 g/mol. The maximum atomic E-state index is 13.7. The molecule has 2 heterocycles. The molecular formula is C14H10BrClFN3. The van der Waals surface area contributed by atoms with Gasteiger partial charge in [-0.25, -0.2) is 9.37 Å². The molecule has 0 aliphatic rings. The summed E-state index contributed by atoms with van der Waals surface area (Å²) in [4.78, 5) is 4.43. The Morgan fingerprint density at radius 1 is 1.25 bits per heavy atom. The molecule has 0 bridgehead atoms. The zero-order valence-electron chi connectivity index (χ0n) is 10.3. The van der Waals surface area contributed by atoms with Crippen LogP contribution in [0.5, 0.6) is 0 Å². The summed E-state index contributed by atoms with van der Waals surface area (Å²) >= 11 is 9.24. The van der Waals surface area contributed by atoms with Gasteiger partial charge in [0.15, 0.2) is 0 Å². The van der Waals surface area contributed by atoms with Gasteiger partial charge in [0.1, 0.15) is 11.5 Å². The van der Waals surface area contributed by atoms with Gasteiger partial charge in [-0.2, -0.15) is 0 Å². The topological polar surface area (TPSA) is 29.3 Å². The van der Waals surface area contributed by atoms with Crippen LogP contribution >= 0.6 is 27.5 Å². The highest BCUT2D eigenvalue weighted by atomic mass is 79.9. The van der Waals surface area contributed by atoms with Crippen LogP contribution < -0.4 is 5.32 Å². The van der Waals surface area contributed by atoms with E-state index in [-0.39, 0.29) is 5.82 Å². The molecule has 0 spiro atoms. The fourth-order valence-electron chi connectivity index (χ4n) is 1.95. The number of benzene rings is 1. The summed E-state index contributed by atoms with van der Waals surface area (Å²) in [6.07, 6.45) is 3.65. The van der Waals surface area contributed by atoms with Gasteiger partial charge in [-0.15, -0.1) is 0 Å². The number of nitrogens with zero attached hydrogens (tertiary/aromatic N) is 2. The van der Waals surface area contributed by atoms with Gasteiger partial charge < -0.3 is 9.72 Å². The minimum atomic E-state index is -0.300. The van der Waals surface area contributed by atoms with Crippen LogP contribution in [0.25, 0.3) is 5.65 Å². The lowest BCUT2D eigenvalue weighted by atomic mass is 10.3. The molecule has 6 heteroatoms. The predicted molar refractivity (Wildman–Crippen MR) is 81.6 cm³/mol. The molecule has 102 valence electrons. The van der Waals surface area contributed by atoms with E-state index < -0.39 is 0 Å². The number of rotatable bonds is 3. The molecule has 0 fully saturated rings. The van der Waals surface area contributed by atoms with E-state index in [1.165, 1.54) is 6.07 Å². The number of hydrogen-bond donors (Lipinski definition) is 1. The highest BCUT2D eigenvalue weighted by Gasteiger charge is 2.07. The van der Waals surface area contributed by atoms with E-state index in [0.717, 1.165) is 11.3 Å². The zero-order valence-corrected chi connectivity index (χ0v) is 12.6. The fourth-order valence-corrected chi connectivity index (χ4v) is 2.60. The quantitative estimate of drug-likeness (QED) is 0.750. The minimum absolute atomic E-state index is 0.300. The molecule has 3 rings (SSSR count). The van der Waals surface area contributed by atoms with Gasteiger partial charge in [-0.1, -0.05) is 17.7 Å². The summed E-state index contributed by atoms with van der Waals surface area (Å²) in [7, 11) is 0. The first-order valence-electron chi connectivity index (χ1n) is 5.94. The summed E-state index contributed by atoms with van der Waals surface area (Å²) in [5.74, 6) is -0.300. The van der Waals surface area contributed by atoms with Crippen molar-refractivity contribution in [2.24, 2.45) is 0 Å². The third kappa shape index (κ3) is 2.64. The number of pyridine rings is 1. The molecule has 0 saturated heterocycles. The molecule has 0 unspecified atom stereocenters. The first-order chi connectivity index (χ1) is 9.63. The molecule has 1 N–H and O–H groups in total. The second-order valence-corrected chi connectivity index (χ2v) is 5.59. The smallest absolute Gasteiger partial charge is 0.147 e. The van der Waals surface area contributed by atoms with Crippen molar-refractivity contribution in [1.29, 1.82) is 0 Å². The normalized spacial score (nSPS) is 10.9. The molecule has 0 aliphatic heterocycles. The molecule has 0 amide bonds. The number of anilines is 1. The molecule has 0 aliphatic carbocycles. The SMILES string of the molecule is Fc1cccc(Br)c1NCc1cn2cc(Cl)ccc2n1. The molecule has 2 aromatic heterocycles. The Morgan fingerprint density at radius 2 is 2.10 bits per heavy atom. The second-order valence-electron chi connectivity index (χ2n) is 4.30. The Morgan fingerprint density at radius 3 is 2.90 bits per heavy atom. The third-order valence-corrected chi connectivity index (χ3v) is 3.76. The van der Waals surface area contributed by atoms with Crippen molar-refractivity contribution in [3.63, 3.8) is 0 Å². The number of fused-ring (bicyclic) bond motifs is 1. The monoisotopic (exact) mass is 353 g/mol. The van der Waals surface area contributed by atoms with E-state index in [4.69, 9.17) is 11.6 Å². The second kappa shape index (κ2) is 5.42. The van der Waals surface area contributed by atoms with E-state index in [2.05, 4.69) is 26.2 Å². The van der Waals surface area contributed by atoms with Crippen molar-refractivity contribution in [3.05, 3.63) is 63.7 Å². The maximum absolute atomic E-state index is 13.7. The lowest BCUT2D eigenvalue weighted by molar-refractivity contribution is 0.629. The van der Waals surface area contributed by atoms with E-state index in [1.807, 2.05) is 16.7 Å². The van der Waals surface area contributed by atoms with Crippen molar-refractivity contribution in [1.82, 2.24) is 9.38 Å². The number of hydrogen-bond acceptors (Lipinski definition) is 2. The van der Waals surface area contributed by atoms with Crippen LogP contribution in [0, 0.1) is 5.82 Å². The molecule has 0 atom stereocenters. The molecule has 1 aromatic carbocycles. The van der Waals surface area contributed by atoms with Gasteiger partial charge >= 0.3 is 0 Å². The summed E-state index contributed by atoms with van der Waals surface area (Å²) in [6, 6.07) is 8.47. The number of halogens is 3. The van der Waals surface area contributed by atoms with Crippen LogP contribution in [0.2, 0.25) is 5.02 Å². The standard InChI is InChI=1S/C14H10BrClFN3/c15-11-2-1-3-12(17)14(11)18-6-10-8-20-7-9(16)4-5-13(20)19-10/h1-5,7-8,18H,6H2. The Bertz CT molecular complexity index is 752. The van der Waals surface area contributed by atoms with Gasteiger partial charge in [0.05, 0.1) is 22.9 Å². The summed E-state index contributed by atoms with van der Waals surface area (Å²) < 4.78 is 16.2. The van der Waals surface area contributed by atoms with E-state index >= 15 is 0 Å². The number of aromatic nitrogens is 2. The van der Waals surface area contributed by atoms with E-state index in [0.29, 0.717) is 21.7 Å². The Kier molecular flexibility index (Phi) is 3.63. The van der Waals surface area contributed by atoms with Crippen molar-refractivity contribution in [2.45, 2.75) is 6.54 Å². The van der Waals surface area contributed by atoms with Crippen LogP contribution in [0.3, 0.4) is 0 Å². The molecule has 3 aromatic rings. The highest BCUT2D eigenvalue weighted by molar-refractivity contribution is 9.10. The van der Waals surface area contributed by atoms with E-state index in [9.17, 15) is 4.39 Å². The van der Waals surface area contributed by atoms with Gasteiger partial charge in [0.2, 0.25) is 0 Å². The number of para-hydroxylation sites is 1. The van der Waals surface area contributed by atoms with E-state index in [1.54, 1.807) is 24.4 Å². The van der Waals surface area contributed by atoms with Crippen LogP contribution in [0.1, 0.15) is 5.69 Å². The molecule has 20 heavy (non-hydrogen) atoms. The van der Waals surface area contributed by atoms with Gasteiger partial charge in [0, 0.05) is 16.9 Å². The lowest BCUT2D eigenvalue weighted by Gasteiger charge is -2.07. The molecule has 0 radical (unpaired) electrons. The van der Waals surface area contributed by atoms with Crippen LogP contribution in [0.4, 0.5) is 10.1 Å². The van der Waals surface area contributed by atoms with Crippen molar-refractivity contribution in [2.75, 3.05) is 5.32 Å². The summed E-state index contributed by atoms with van der Waals surface area (Å²) in [5.41, 5.74) is 2.05. The Balaban J connectivity index is 1.83. The summed E-state index contributed by atoms with van der Waals surface area (Å²) in [5, 5.41) is 3.69. The predicted octanol–water partition coefficient (Wildman–Crippen LogP) is 4.50. The number of imidazole rings is 1. The van der Waals surface area contributed by atoms with Crippen LogP contribution in [-0.2, 0) is 6.54 Å². The van der Waals surface area contributed by atoms with Crippen LogP contribution in [0.15, 0.2) is 47.2 Å². The van der Waals surface area contributed by atoms with Gasteiger partial charge in [-0.3, -0.25) is 0 Å². The minimum Gasteiger partial charge on any atom is -0.376 e. The van der Waals surface area contributed by atoms with Crippen molar-refractivity contribution in [3.8, 4) is 0 Å². The first kappa shape index (κ1) is 13.4. The maximum Gasteiger partial charge on any atom is 0.147 e. The molecule has 0 saturated carbocycles. The fraction of sp³-hybridized carbons (Fsp3) is 0.0714. The van der Waals surface area contributed by atoms with Crippen molar-refractivity contribution < 1.29 is 4.39 Å². The molecular weight excluding hydrogens is 345 g/mol. The lowest BCUT2D eigenvalue weighted by Crippen LogP contribution is -2.02. The third-order valence-electron chi connectivity index (χ3n) is 2.87. The average Bonchev–Trinajstić information content (AvgIpc) is 2.80. The largest absolute Gasteiger partial charge is 0.376 e. The number of nitrogens with one attached hydrogen (secondary N) is 1. The van der Waals surface area contributed by atoms with Gasteiger partial charge in [0.25, 0.3) is 0 Å². The Hall–Kier alpha value is -1.59. The zero-order chi connectivity index (χ0) is 14.1. The van der Waals surface area contributed by atoms with Gasteiger partial charge in [-0.05, 0) is 40.2 Å². The van der Waals surface area contributed by atoms with Crippen molar-refractivity contribution >= 4 is 38.9 Å². The highest BCUT2D eigenvalue weighted by Crippen LogP contribution is 2.25. The first-order valence-corrected chi connectivity index (χ1v) is 7.11.